The fourth-order valence-corrected chi connectivity index (χ4v) is 6.53. The Morgan fingerprint density at radius 2 is 1.87 bits per heavy atom. The van der Waals surface area contributed by atoms with Gasteiger partial charge in [0.15, 0.2) is 15.0 Å². The van der Waals surface area contributed by atoms with Gasteiger partial charge in [-0.1, -0.05) is 48.5 Å². The molecule has 31 heavy (non-hydrogen) atoms. The number of rotatable bonds is 8. The third-order valence-corrected chi connectivity index (χ3v) is 8.46. The van der Waals surface area contributed by atoms with Crippen LogP contribution in [-0.4, -0.2) is 70.4 Å². The summed E-state index contributed by atoms with van der Waals surface area (Å²) in [5, 5.41) is 12.4. The average molecular weight is 464 g/mol. The fourth-order valence-electron chi connectivity index (χ4n) is 4.09. The fraction of sp³-hybridized carbons (Fsp3) is 0.571. The molecule has 0 spiro atoms. The van der Waals surface area contributed by atoms with Crippen LogP contribution in [0.1, 0.15) is 37.1 Å². The van der Waals surface area contributed by atoms with E-state index in [1.165, 1.54) is 31.0 Å². The molecule has 1 aromatic carbocycles. The first-order chi connectivity index (χ1) is 15.0. The molecule has 0 radical (unpaired) electrons. The van der Waals surface area contributed by atoms with Crippen LogP contribution in [0.5, 0.6) is 0 Å². The molecule has 2 saturated heterocycles. The van der Waals surface area contributed by atoms with Crippen molar-refractivity contribution in [3.63, 3.8) is 0 Å². The number of hydrogen-bond acceptors (Lipinski definition) is 7. The summed E-state index contributed by atoms with van der Waals surface area (Å²) in [5.41, 5.74) is 1.16. The Bertz CT molecular complexity index is 988. The van der Waals surface area contributed by atoms with E-state index in [-0.39, 0.29) is 29.2 Å². The van der Waals surface area contributed by atoms with Crippen molar-refractivity contribution >= 4 is 27.5 Å². The second-order valence-electron chi connectivity index (χ2n) is 8.26. The van der Waals surface area contributed by atoms with E-state index in [1.807, 2.05) is 18.2 Å². The normalized spacial score (nSPS) is 21.2. The molecule has 3 heterocycles. The van der Waals surface area contributed by atoms with Gasteiger partial charge in [-0.3, -0.25) is 9.69 Å². The third kappa shape index (κ3) is 6.30. The lowest BCUT2D eigenvalue weighted by Crippen LogP contribution is -2.36. The summed E-state index contributed by atoms with van der Waals surface area (Å²) in [7, 11) is -3.01. The maximum atomic E-state index is 12.4. The number of amides is 1. The molecule has 2 aliphatic heterocycles. The maximum Gasteiger partial charge on any atom is 0.230 e. The highest BCUT2D eigenvalue weighted by molar-refractivity contribution is 7.99. The highest BCUT2D eigenvalue weighted by Gasteiger charge is 2.29. The summed E-state index contributed by atoms with van der Waals surface area (Å²) in [6.45, 7) is 3.56. The second kappa shape index (κ2) is 10.1. The van der Waals surface area contributed by atoms with E-state index < -0.39 is 9.84 Å². The highest BCUT2D eigenvalue weighted by atomic mass is 32.2. The maximum absolute atomic E-state index is 12.4. The summed E-state index contributed by atoms with van der Waals surface area (Å²) in [4.78, 5) is 14.8. The topological polar surface area (TPSA) is 97.2 Å². The molecular formula is C21H29N5O3S2. The molecule has 2 aliphatic rings. The molecule has 8 nitrogen and oxygen atoms in total. The molecule has 1 aromatic heterocycles. The van der Waals surface area contributed by atoms with E-state index in [2.05, 4.69) is 37.1 Å². The summed E-state index contributed by atoms with van der Waals surface area (Å²) in [6, 6.07) is 9.89. The Labute approximate surface area is 187 Å². The van der Waals surface area contributed by atoms with Gasteiger partial charge in [-0.2, -0.15) is 0 Å². The van der Waals surface area contributed by atoms with Crippen molar-refractivity contribution in [1.29, 1.82) is 0 Å². The van der Waals surface area contributed by atoms with Gasteiger partial charge in [0.25, 0.3) is 0 Å². The quantitative estimate of drug-likeness (QED) is 0.595. The van der Waals surface area contributed by atoms with Gasteiger partial charge in [0, 0.05) is 6.04 Å². The Hall–Kier alpha value is -1.91. The van der Waals surface area contributed by atoms with Crippen molar-refractivity contribution in [1.82, 2.24) is 25.0 Å². The minimum absolute atomic E-state index is 0.0353. The summed E-state index contributed by atoms with van der Waals surface area (Å²) < 4.78 is 25.3. The number of carbonyl (C=O) groups is 1. The predicted molar refractivity (Wildman–Crippen MR) is 121 cm³/mol. The molecule has 1 amide bonds. The molecule has 0 aliphatic carbocycles. The zero-order valence-electron chi connectivity index (χ0n) is 17.6. The molecular weight excluding hydrogens is 434 g/mol. The number of benzene rings is 1. The molecule has 2 aromatic rings. The first-order valence-corrected chi connectivity index (χ1v) is 13.6. The van der Waals surface area contributed by atoms with E-state index in [9.17, 15) is 13.2 Å². The molecule has 2 fully saturated rings. The van der Waals surface area contributed by atoms with E-state index in [0.717, 1.165) is 31.0 Å². The minimum atomic E-state index is -3.01. The van der Waals surface area contributed by atoms with E-state index in [0.29, 0.717) is 18.1 Å². The van der Waals surface area contributed by atoms with Gasteiger partial charge >= 0.3 is 0 Å². The average Bonchev–Trinajstić information content (AvgIpc) is 3.30. The Balaban J connectivity index is 1.42. The summed E-state index contributed by atoms with van der Waals surface area (Å²) in [5.74, 6) is 1.12. The number of nitrogens with zero attached hydrogens (tertiary/aromatic N) is 4. The van der Waals surface area contributed by atoms with Crippen molar-refractivity contribution in [2.24, 2.45) is 0 Å². The van der Waals surface area contributed by atoms with Crippen molar-refractivity contribution in [3.8, 4) is 0 Å². The van der Waals surface area contributed by atoms with Gasteiger partial charge in [0.1, 0.15) is 5.82 Å². The molecule has 0 bridgehead atoms. The van der Waals surface area contributed by atoms with Crippen LogP contribution in [-0.2, 0) is 27.7 Å². The molecule has 10 heteroatoms. The first kappa shape index (κ1) is 22.3. The molecule has 168 valence electrons. The van der Waals surface area contributed by atoms with Crippen LogP contribution in [0.25, 0.3) is 0 Å². The summed E-state index contributed by atoms with van der Waals surface area (Å²) >= 11 is 1.35. The third-order valence-electron chi connectivity index (χ3n) is 5.72. The molecule has 1 N–H and O–H groups in total. The number of piperidine rings is 1. The molecule has 0 saturated carbocycles. The van der Waals surface area contributed by atoms with Crippen LogP contribution in [0.4, 0.5) is 0 Å². The van der Waals surface area contributed by atoms with Crippen LogP contribution < -0.4 is 5.32 Å². The minimum Gasteiger partial charge on any atom is -0.352 e. The number of thioether (sulfide) groups is 1. The van der Waals surface area contributed by atoms with Crippen LogP contribution in [0, 0.1) is 0 Å². The number of sulfone groups is 1. The molecule has 1 atom stereocenters. The standard InChI is InChI=1S/C21H29N5O3S2/c27-20(22-18-9-12-31(28,29)16-18)15-30-21-24-23-19(14-25-10-5-2-6-11-25)26(21)13-17-7-3-1-4-8-17/h1,3-4,7-8,18H,2,5-6,9-16H2,(H,22,27)/t18-/m0/s1. The largest absolute Gasteiger partial charge is 0.352 e. The monoisotopic (exact) mass is 463 g/mol. The van der Waals surface area contributed by atoms with Crippen LogP contribution in [0.15, 0.2) is 35.5 Å². The Kier molecular flexibility index (Phi) is 7.29. The van der Waals surface area contributed by atoms with Crippen LogP contribution in [0.2, 0.25) is 0 Å². The summed E-state index contributed by atoms with van der Waals surface area (Å²) in [6.07, 6.45) is 4.20. The van der Waals surface area contributed by atoms with Crippen molar-refractivity contribution in [2.75, 3.05) is 30.3 Å². The number of aromatic nitrogens is 3. The van der Waals surface area contributed by atoms with Gasteiger partial charge in [-0.15, -0.1) is 10.2 Å². The number of carbonyl (C=O) groups excluding carboxylic acids is 1. The second-order valence-corrected chi connectivity index (χ2v) is 11.4. The van der Waals surface area contributed by atoms with Gasteiger partial charge in [0.2, 0.25) is 5.91 Å². The Morgan fingerprint density at radius 3 is 2.58 bits per heavy atom. The first-order valence-electron chi connectivity index (χ1n) is 10.8. The molecule has 4 rings (SSSR count). The van der Waals surface area contributed by atoms with Crippen molar-refractivity contribution in [3.05, 3.63) is 41.7 Å². The van der Waals surface area contributed by atoms with Crippen LogP contribution in [0.3, 0.4) is 0 Å². The predicted octanol–water partition coefficient (Wildman–Crippen LogP) is 1.71. The highest BCUT2D eigenvalue weighted by Crippen LogP contribution is 2.21. The van der Waals surface area contributed by atoms with Gasteiger partial charge in [-0.25, -0.2) is 8.42 Å². The van der Waals surface area contributed by atoms with Gasteiger partial charge in [0.05, 0.1) is 30.3 Å². The van der Waals surface area contributed by atoms with Gasteiger partial charge < -0.3 is 9.88 Å². The SMILES string of the molecule is O=C(CSc1nnc(CN2CCCCC2)n1Cc1ccccc1)N[C@H]1CCS(=O)(=O)C1. The molecule has 0 unspecified atom stereocenters. The van der Waals surface area contributed by atoms with Crippen LogP contribution >= 0.6 is 11.8 Å². The number of likely N-dealkylation sites (tertiary alicyclic amines) is 1. The van der Waals surface area contributed by atoms with E-state index >= 15 is 0 Å². The van der Waals surface area contributed by atoms with E-state index in [4.69, 9.17) is 0 Å². The zero-order chi connectivity index (χ0) is 21.7. The lowest BCUT2D eigenvalue weighted by atomic mass is 10.1. The van der Waals surface area contributed by atoms with Crippen molar-refractivity contribution < 1.29 is 13.2 Å². The van der Waals surface area contributed by atoms with Crippen molar-refractivity contribution in [2.45, 2.75) is 50.0 Å². The number of nitrogens with one attached hydrogen (secondary N) is 1. The smallest absolute Gasteiger partial charge is 0.230 e. The van der Waals surface area contributed by atoms with E-state index in [1.54, 1.807) is 0 Å². The zero-order valence-corrected chi connectivity index (χ0v) is 19.2. The number of hydrogen-bond donors (Lipinski definition) is 1. The van der Waals surface area contributed by atoms with Gasteiger partial charge in [-0.05, 0) is 37.9 Å². The lowest BCUT2D eigenvalue weighted by molar-refractivity contribution is -0.119. The Morgan fingerprint density at radius 1 is 1.10 bits per heavy atom. The lowest BCUT2D eigenvalue weighted by Gasteiger charge is -2.26.